The van der Waals surface area contributed by atoms with Crippen LogP contribution in [-0.2, 0) is 11.2 Å². The highest BCUT2D eigenvalue weighted by Crippen LogP contribution is 2.01. The van der Waals surface area contributed by atoms with Crippen molar-refractivity contribution in [3.8, 4) is 0 Å². The zero-order chi connectivity index (χ0) is 6.69. The number of thiazole rings is 1. The summed E-state index contributed by atoms with van der Waals surface area (Å²) in [5, 5.41) is 1.89. The molecule has 0 saturated heterocycles. The van der Waals surface area contributed by atoms with Crippen LogP contribution in [0, 0.1) is 0 Å². The molecule has 0 aliphatic carbocycles. The molecule has 1 aromatic rings. The van der Waals surface area contributed by atoms with Gasteiger partial charge < -0.3 is 0 Å². The van der Waals surface area contributed by atoms with E-state index in [9.17, 15) is 4.79 Å². The van der Waals surface area contributed by atoms with Gasteiger partial charge >= 0.3 is 0 Å². The first kappa shape index (κ1) is 6.42. The fourth-order valence-electron chi connectivity index (χ4n) is 0.580. The molecule has 0 saturated carbocycles. The summed E-state index contributed by atoms with van der Waals surface area (Å²) in [6, 6.07) is 0. The molecular weight excluding hydrogens is 134 g/mol. The van der Waals surface area contributed by atoms with Gasteiger partial charge in [0, 0.05) is 11.8 Å². The summed E-state index contributed by atoms with van der Waals surface area (Å²) in [5.74, 6) is 0.168. The van der Waals surface area contributed by atoms with E-state index in [0.29, 0.717) is 6.42 Å². The van der Waals surface area contributed by atoms with Crippen LogP contribution in [0.2, 0.25) is 0 Å². The van der Waals surface area contributed by atoms with E-state index in [1.807, 2.05) is 5.38 Å². The van der Waals surface area contributed by atoms with Crippen LogP contribution >= 0.6 is 11.3 Å². The zero-order valence-corrected chi connectivity index (χ0v) is 5.94. The molecule has 3 heteroatoms. The molecule has 0 aliphatic rings. The lowest BCUT2D eigenvalue weighted by atomic mass is 10.3. The molecular formula is C6H7NOS. The lowest BCUT2D eigenvalue weighted by Crippen LogP contribution is -1.95. The van der Waals surface area contributed by atoms with Crippen molar-refractivity contribution in [1.29, 1.82) is 0 Å². The van der Waals surface area contributed by atoms with Gasteiger partial charge in [-0.05, 0) is 6.92 Å². The molecule has 0 atom stereocenters. The summed E-state index contributed by atoms with van der Waals surface area (Å²) < 4.78 is 0. The minimum absolute atomic E-state index is 0.168. The zero-order valence-electron chi connectivity index (χ0n) is 5.13. The topological polar surface area (TPSA) is 30.0 Å². The van der Waals surface area contributed by atoms with E-state index in [1.165, 1.54) is 11.3 Å². The Balaban J connectivity index is 2.58. The molecule has 1 aromatic heterocycles. The van der Waals surface area contributed by atoms with Crippen LogP contribution in [0.4, 0.5) is 0 Å². The third-order valence-electron chi connectivity index (χ3n) is 0.914. The van der Waals surface area contributed by atoms with Crippen molar-refractivity contribution in [2.45, 2.75) is 13.3 Å². The quantitative estimate of drug-likeness (QED) is 0.621. The summed E-state index contributed by atoms with van der Waals surface area (Å²) in [7, 11) is 0. The SMILES string of the molecule is CC(=O)Cc1cscn1. The Morgan fingerprint density at radius 2 is 2.67 bits per heavy atom. The highest BCUT2D eigenvalue weighted by Gasteiger charge is 1.96. The third-order valence-corrected chi connectivity index (χ3v) is 1.55. The van der Waals surface area contributed by atoms with Gasteiger partial charge in [-0.1, -0.05) is 0 Å². The predicted molar refractivity (Wildman–Crippen MR) is 36.5 cm³/mol. The molecule has 0 bridgehead atoms. The predicted octanol–water partition coefficient (Wildman–Crippen LogP) is 1.27. The number of ketones is 1. The van der Waals surface area contributed by atoms with E-state index in [1.54, 1.807) is 12.4 Å². The Labute approximate surface area is 57.5 Å². The number of nitrogens with zero attached hydrogens (tertiary/aromatic N) is 1. The van der Waals surface area contributed by atoms with Gasteiger partial charge in [0.15, 0.2) is 0 Å². The summed E-state index contributed by atoms with van der Waals surface area (Å²) in [5.41, 5.74) is 2.62. The van der Waals surface area contributed by atoms with Gasteiger partial charge in [0.25, 0.3) is 0 Å². The summed E-state index contributed by atoms with van der Waals surface area (Å²) in [4.78, 5) is 14.4. The van der Waals surface area contributed by atoms with Crippen LogP contribution in [0.3, 0.4) is 0 Å². The second-order valence-electron chi connectivity index (χ2n) is 1.86. The van der Waals surface area contributed by atoms with Gasteiger partial charge in [0.1, 0.15) is 5.78 Å². The first-order valence-corrected chi connectivity index (χ1v) is 3.60. The van der Waals surface area contributed by atoms with Crippen molar-refractivity contribution in [2.75, 3.05) is 0 Å². The van der Waals surface area contributed by atoms with Gasteiger partial charge in [0.05, 0.1) is 11.2 Å². The maximum Gasteiger partial charge on any atom is 0.135 e. The van der Waals surface area contributed by atoms with Gasteiger partial charge in [-0.15, -0.1) is 11.3 Å². The molecule has 0 radical (unpaired) electrons. The Morgan fingerprint density at radius 1 is 1.89 bits per heavy atom. The van der Waals surface area contributed by atoms with Crippen LogP contribution in [0.15, 0.2) is 10.9 Å². The minimum atomic E-state index is 0.168. The Bertz CT molecular complexity index is 193. The van der Waals surface area contributed by atoms with E-state index in [2.05, 4.69) is 4.98 Å². The van der Waals surface area contributed by atoms with Crippen molar-refractivity contribution >= 4 is 17.1 Å². The Morgan fingerprint density at radius 3 is 3.11 bits per heavy atom. The maximum atomic E-state index is 10.5. The van der Waals surface area contributed by atoms with Gasteiger partial charge in [0.2, 0.25) is 0 Å². The molecule has 1 rings (SSSR count). The first-order chi connectivity index (χ1) is 4.29. The van der Waals surface area contributed by atoms with Crippen LogP contribution < -0.4 is 0 Å². The number of Topliss-reactive ketones (excluding diaryl/α,β-unsaturated/α-hetero) is 1. The van der Waals surface area contributed by atoms with Crippen LogP contribution in [-0.4, -0.2) is 10.8 Å². The monoisotopic (exact) mass is 141 g/mol. The van der Waals surface area contributed by atoms with Crippen molar-refractivity contribution in [2.24, 2.45) is 0 Å². The Kier molecular flexibility index (Phi) is 1.95. The normalized spacial score (nSPS) is 9.44. The smallest absolute Gasteiger partial charge is 0.135 e. The van der Waals surface area contributed by atoms with Crippen LogP contribution in [0.5, 0.6) is 0 Å². The second kappa shape index (κ2) is 2.73. The third kappa shape index (κ3) is 1.93. The van der Waals surface area contributed by atoms with E-state index in [4.69, 9.17) is 0 Å². The number of carbonyl (C=O) groups excluding carboxylic acids is 1. The maximum absolute atomic E-state index is 10.5. The molecule has 0 spiro atoms. The molecule has 0 N–H and O–H groups in total. The lowest BCUT2D eigenvalue weighted by molar-refractivity contribution is -0.116. The largest absolute Gasteiger partial charge is 0.300 e. The van der Waals surface area contributed by atoms with E-state index in [0.717, 1.165) is 5.69 Å². The molecule has 0 aliphatic heterocycles. The van der Waals surface area contributed by atoms with Crippen molar-refractivity contribution in [1.82, 2.24) is 4.98 Å². The highest BCUT2D eigenvalue weighted by molar-refractivity contribution is 7.07. The molecule has 0 amide bonds. The number of carbonyl (C=O) groups is 1. The molecule has 2 nitrogen and oxygen atoms in total. The van der Waals surface area contributed by atoms with Gasteiger partial charge in [-0.2, -0.15) is 0 Å². The van der Waals surface area contributed by atoms with Gasteiger partial charge in [-0.3, -0.25) is 4.79 Å². The van der Waals surface area contributed by atoms with Crippen molar-refractivity contribution in [3.05, 3.63) is 16.6 Å². The Hall–Kier alpha value is -0.700. The van der Waals surface area contributed by atoms with E-state index < -0.39 is 0 Å². The molecule has 0 unspecified atom stereocenters. The highest BCUT2D eigenvalue weighted by atomic mass is 32.1. The average Bonchev–Trinajstić information content (AvgIpc) is 2.15. The number of rotatable bonds is 2. The molecule has 1 heterocycles. The fourth-order valence-corrected chi connectivity index (χ4v) is 1.14. The molecule has 0 fully saturated rings. The summed E-state index contributed by atoms with van der Waals surface area (Å²) in [6.45, 7) is 1.57. The van der Waals surface area contributed by atoms with E-state index >= 15 is 0 Å². The van der Waals surface area contributed by atoms with Crippen LogP contribution in [0.1, 0.15) is 12.6 Å². The molecule has 0 aromatic carbocycles. The van der Waals surface area contributed by atoms with Crippen molar-refractivity contribution in [3.63, 3.8) is 0 Å². The van der Waals surface area contributed by atoms with E-state index in [-0.39, 0.29) is 5.78 Å². The van der Waals surface area contributed by atoms with Crippen LogP contribution in [0.25, 0.3) is 0 Å². The van der Waals surface area contributed by atoms with Crippen molar-refractivity contribution < 1.29 is 4.79 Å². The minimum Gasteiger partial charge on any atom is -0.300 e. The standard InChI is InChI=1S/C6H7NOS/c1-5(8)2-6-3-9-4-7-6/h3-4H,2H2,1H3. The number of aromatic nitrogens is 1. The first-order valence-electron chi connectivity index (χ1n) is 2.65. The summed E-state index contributed by atoms with van der Waals surface area (Å²) >= 11 is 1.52. The average molecular weight is 141 g/mol. The second-order valence-corrected chi connectivity index (χ2v) is 2.58. The lowest BCUT2D eigenvalue weighted by Gasteiger charge is -1.85. The fraction of sp³-hybridized carbons (Fsp3) is 0.333. The molecule has 48 valence electrons. The summed E-state index contributed by atoms with van der Waals surface area (Å²) in [6.07, 6.45) is 0.476. The number of hydrogen-bond acceptors (Lipinski definition) is 3. The van der Waals surface area contributed by atoms with Gasteiger partial charge in [-0.25, -0.2) is 4.98 Å². The number of hydrogen-bond donors (Lipinski definition) is 0. The molecule has 9 heavy (non-hydrogen) atoms.